The quantitative estimate of drug-likeness (QED) is 0.740. The molecule has 0 N–H and O–H groups in total. The molecular formula is C15H18ClFN2. The molecule has 0 aliphatic rings. The highest BCUT2D eigenvalue weighted by Gasteiger charge is 2.11. The maximum atomic E-state index is 13.1. The first-order chi connectivity index (χ1) is 9.19. The molecular weight excluding hydrogens is 263 g/mol. The van der Waals surface area contributed by atoms with Gasteiger partial charge >= 0.3 is 0 Å². The van der Waals surface area contributed by atoms with E-state index in [1.165, 1.54) is 6.07 Å². The van der Waals surface area contributed by atoms with Crippen molar-refractivity contribution in [3.63, 3.8) is 0 Å². The fourth-order valence-corrected chi connectivity index (χ4v) is 2.47. The first-order valence-corrected chi connectivity index (χ1v) is 6.99. The lowest BCUT2D eigenvalue weighted by molar-refractivity contribution is 0.520. The zero-order chi connectivity index (χ0) is 13.7. The molecule has 4 heteroatoms. The number of nitrogens with zero attached hydrogens (tertiary/aromatic N) is 2. The Labute approximate surface area is 118 Å². The molecule has 0 saturated carbocycles. The van der Waals surface area contributed by atoms with E-state index in [1.807, 2.05) is 23.9 Å². The van der Waals surface area contributed by atoms with Gasteiger partial charge in [0.15, 0.2) is 0 Å². The van der Waals surface area contributed by atoms with Crippen LogP contribution in [0, 0.1) is 11.7 Å². The lowest BCUT2D eigenvalue weighted by Gasteiger charge is -2.13. The third kappa shape index (κ3) is 4.06. The molecule has 0 aliphatic heterocycles. The van der Waals surface area contributed by atoms with Crippen molar-refractivity contribution < 1.29 is 4.39 Å². The van der Waals surface area contributed by atoms with Crippen molar-refractivity contribution in [3.05, 3.63) is 53.9 Å². The molecule has 0 amide bonds. The van der Waals surface area contributed by atoms with Crippen LogP contribution in [0.4, 0.5) is 4.39 Å². The van der Waals surface area contributed by atoms with Gasteiger partial charge in [-0.3, -0.25) is 0 Å². The number of alkyl halides is 1. The van der Waals surface area contributed by atoms with Crippen LogP contribution in [-0.4, -0.2) is 15.4 Å². The zero-order valence-electron chi connectivity index (χ0n) is 11.0. The second-order valence-corrected chi connectivity index (χ2v) is 5.16. The molecule has 2 nitrogen and oxygen atoms in total. The molecule has 2 rings (SSSR count). The first-order valence-electron chi connectivity index (χ1n) is 6.45. The van der Waals surface area contributed by atoms with Crippen LogP contribution in [0.2, 0.25) is 0 Å². The summed E-state index contributed by atoms with van der Waals surface area (Å²) in [4.78, 5) is 4.30. The van der Waals surface area contributed by atoms with Gasteiger partial charge in [0.05, 0.1) is 0 Å². The standard InChI is InChI=1S/C15H18ClFN2/c1-19-8-7-18-15(19)6-5-13(11-16)9-12-3-2-4-14(17)10-12/h2-4,7-8,10,13H,5-6,9,11H2,1H3. The molecule has 0 aliphatic carbocycles. The van der Waals surface area contributed by atoms with E-state index in [1.54, 1.807) is 18.3 Å². The fraction of sp³-hybridized carbons (Fsp3) is 0.400. The molecule has 1 aromatic carbocycles. The van der Waals surface area contributed by atoms with E-state index in [-0.39, 0.29) is 5.82 Å². The lowest BCUT2D eigenvalue weighted by atomic mass is 9.96. The summed E-state index contributed by atoms with van der Waals surface area (Å²) in [6, 6.07) is 6.74. The van der Waals surface area contributed by atoms with Crippen molar-refractivity contribution >= 4 is 11.6 Å². The van der Waals surface area contributed by atoms with Gasteiger partial charge < -0.3 is 4.57 Å². The van der Waals surface area contributed by atoms with Crippen LogP contribution < -0.4 is 0 Å². The Morgan fingerprint density at radius 2 is 2.26 bits per heavy atom. The number of rotatable bonds is 6. The van der Waals surface area contributed by atoms with Crippen molar-refractivity contribution in [2.45, 2.75) is 19.3 Å². The molecule has 1 unspecified atom stereocenters. The normalized spacial score (nSPS) is 12.6. The van der Waals surface area contributed by atoms with Crippen LogP contribution in [0.15, 0.2) is 36.7 Å². The average molecular weight is 281 g/mol. The van der Waals surface area contributed by atoms with Crippen LogP contribution in [0.3, 0.4) is 0 Å². The highest BCUT2D eigenvalue weighted by Crippen LogP contribution is 2.17. The third-order valence-corrected chi connectivity index (χ3v) is 3.77. The average Bonchev–Trinajstić information content (AvgIpc) is 2.80. The summed E-state index contributed by atoms with van der Waals surface area (Å²) >= 11 is 6.02. The molecule has 102 valence electrons. The van der Waals surface area contributed by atoms with Crippen molar-refractivity contribution in [1.82, 2.24) is 9.55 Å². The maximum Gasteiger partial charge on any atom is 0.123 e. The van der Waals surface area contributed by atoms with Crippen LogP contribution in [0.25, 0.3) is 0 Å². The molecule has 1 heterocycles. The van der Waals surface area contributed by atoms with E-state index in [9.17, 15) is 4.39 Å². The lowest BCUT2D eigenvalue weighted by Crippen LogP contribution is -2.10. The Kier molecular flexibility index (Phi) is 4.97. The number of imidazole rings is 1. The van der Waals surface area contributed by atoms with Gasteiger partial charge in [-0.25, -0.2) is 9.37 Å². The van der Waals surface area contributed by atoms with E-state index in [2.05, 4.69) is 4.98 Å². The summed E-state index contributed by atoms with van der Waals surface area (Å²) in [5.74, 6) is 1.81. The minimum absolute atomic E-state index is 0.185. The Balaban J connectivity index is 1.92. The number of halogens is 2. The van der Waals surface area contributed by atoms with Crippen molar-refractivity contribution in [2.24, 2.45) is 13.0 Å². The fourth-order valence-electron chi connectivity index (χ4n) is 2.20. The second-order valence-electron chi connectivity index (χ2n) is 4.85. The van der Waals surface area contributed by atoms with Gasteiger partial charge in [-0.1, -0.05) is 12.1 Å². The molecule has 0 bridgehead atoms. The summed E-state index contributed by atoms with van der Waals surface area (Å²) in [6.45, 7) is 0. The SMILES string of the molecule is Cn1ccnc1CCC(CCl)Cc1cccc(F)c1. The second kappa shape index (κ2) is 6.71. The van der Waals surface area contributed by atoms with Crippen LogP contribution >= 0.6 is 11.6 Å². The molecule has 1 atom stereocenters. The molecule has 0 saturated heterocycles. The van der Waals surface area contributed by atoms with Gasteiger partial charge in [0, 0.05) is 31.7 Å². The van der Waals surface area contributed by atoms with Crippen LogP contribution in [0.1, 0.15) is 17.8 Å². The van der Waals surface area contributed by atoms with Crippen molar-refractivity contribution in [1.29, 1.82) is 0 Å². The maximum absolute atomic E-state index is 13.1. The number of aryl methyl sites for hydroxylation is 2. The zero-order valence-corrected chi connectivity index (χ0v) is 11.8. The van der Waals surface area contributed by atoms with E-state index < -0.39 is 0 Å². The highest BCUT2D eigenvalue weighted by atomic mass is 35.5. The molecule has 2 aromatic rings. The minimum Gasteiger partial charge on any atom is -0.338 e. The summed E-state index contributed by atoms with van der Waals surface area (Å²) in [7, 11) is 1.99. The Morgan fingerprint density at radius 1 is 1.42 bits per heavy atom. The Morgan fingerprint density at radius 3 is 2.89 bits per heavy atom. The molecule has 0 spiro atoms. The summed E-state index contributed by atoms with van der Waals surface area (Å²) in [5.41, 5.74) is 1.01. The van der Waals surface area contributed by atoms with Crippen molar-refractivity contribution in [2.75, 3.05) is 5.88 Å². The van der Waals surface area contributed by atoms with Gasteiger partial charge in [0.25, 0.3) is 0 Å². The number of hydrogen-bond acceptors (Lipinski definition) is 1. The number of benzene rings is 1. The van der Waals surface area contributed by atoms with Gasteiger partial charge in [-0.15, -0.1) is 11.6 Å². The monoisotopic (exact) mass is 280 g/mol. The number of hydrogen-bond donors (Lipinski definition) is 0. The van der Waals surface area contributed by atoms with Gasteiger partial charge in [-0.05, 0) is 36.5 Å². The first kappa shape index (κ1) is 14.1. The van der Waals surface area contributed by atoms with Gasteiger partial charge in [0.2, 0.25) is 0 Å². The number of aromatic nitrogens is 2. The Hall–Kier alpha value is -1.35. The molecule has 19 heavy (non-hydrogen) atoms. The smallest absolute Gasteiger partial charge is 0.123 e. The van der Waals surface area contributed by atoms with Crippen LogP contribution in [-0.2, 0) is 19.9 Å². The molecule has 0 fully saturated rings. The predicted octanol–water partition coefficient (Wildman–Crippen LogP) is 3.59. The Bertz CT molecular complexity index is 524. The highest BCUT2D eigenvalue weighted by molar-refractivity contribution is 6.18. The van der Waals surface area contributed by atoms with Crippen molar-refractivity contribution in [3.8, 4) is 0 Å². The topological polar surface area (TPSA) is 17.8 Å². The van der Waals surface area contributed by atoms with Crippen LogP contribution in [0.5, 0.6) is 0 Å². The van der Waals surface area contributed by atoms with E-state index in [4.69, 9.17) is 11.6 Å². The van der Waals surface area contributed by atoms with E-state index in [0.29, 0.717) is 11.8 Å². The predicted molar refractivity (Wildman–Crippen MR) is 75.8 cm³/mol. The minimum atomic E-state index is -0.185. The summed E-state index contributed by atoms with van der Waals surface area (Å²) in [6.07, 6.45) is 6.42. The summed E-state index contributed by atoms with van der Waals surface area (Å²) < 4.78 is 15.2. The summed E-state index contributed by atoms with van der Waals surface area (Å²) in [5, 5.41) is 0. The van der Waals surface area contributed by atoms with Gasteiger partial charge in [-0.2, -0.15) is 0 Å². The van der Waals surface area contributed by atoms with Gasteiger partial charge in [0.1, 0.15) is 11.6 Å². The van der Waals surface area contributed by atoms with E-state index >= 15 is 0 Å². The molecule has 1 aromatic heterocycles. The third-order valence-electron chi connectivity index (χ3n) is 3.33. The molecule has 0 radical (unpaired) electrons. The largest absolute Gasteiger partial charge is 0.338 e. The van der Waals surface area contributed by atoms with E-state index in [0.717, 1.165) is 30.7 Å².